The van der Waals surface area contributed by atoms with E-state index in [4.69, 9.17) is 0 Å². The Morgan fingerprint density at radius 1 is 1.42 bits per heavy atom. The fourth-order valence-corrected chi connectivity index (χ4v) is 1.68. The third-order valence-electron chi connectivity index (χ3n) is 2.71. The van der Waals surface area contributed by atoms with Crippen molar-refractivity contribution < 1.29 is 13.6 Å². The van der Waals surface area contributed by atoms with Crippen molar-refractivity contribution in [3.63, 3.8) is 0 Å². The van der Waals surface area contributed by atoms with Crippen molar-refractivity contribution in [3.05, 3.63) is 53.1 Å². The minimum absolute atomic E-state index is 0.234. The number of rotatable bonds is 4. The van der Waals surface area contributed by atoms with Crippen LogP contribution in [0.15, 0.2) is 24.5 Å². The van der Waals surface area contributed by atoms with Crippen LogP contribution in [-0.2, 0) is 6.42 Å². The molecule has 1 amide bonds. The summed E-state index contributed by atoms with van der Waals surface area (Å²) in [5, 5.41) is 2.47. The van der Waals surface area contributed by atoms with Gasteiger partial charge in [-0.2, -0.15) is 0 Å². The summed E-state index contributed by atoms with van der Waals surface area (Å²) in [5.74, 6) is -1.75. The van der Waals surface area contributed by atoms with E-state index in [-0.39, 0.29) is 12.1 Å². The van der Waals surface area contributed by atoms with Crippen LogP contribution in [0.4, 0.5) is 8.78 Å². The van der Waals surface area contributed by atoms with Crippen molar-refractivity contribution in [2.24, 2.45) is 0 Å². The first-order chi connectivity index (χ1) is 9.09. The topological polar surface area (TPSA) is 57.8 Å². The third-order valence-corrected chi connectivity index (χ3v) is 2.71. The van der Waals surface area contributed by atoms with Gasteiger partial charge in [0.1, 0.15) is 23.0 Å². The predicted octanol–water partition coefficient (Wildman–Crippen LogP) is 1.97. The summed E-state index contributed by atoms with van der Waals surface area (Å²) >= 11 is 0. The Hall–Kier alpha value is -2.24. The Balaban J connectivity index is 2.02. The standard InChI is InChI=1S/C13H13F2N3O/c1-8-2-3-9(14)11(12(8)15)13(19)18-5-4-10-16-6-7-17-10/h2-3,6-7H,4-5H2,1H3,(H,16,17)(H,18,19). The number of aryl methyl sites for hydroxylation is 1. The lowest BCUT2D eigenvalue weighted by atomic mass is 10.1. The van der Waals surface area contributed by atoms with Crippen LogP contribution < -0.4 is 5.32 Å². The number of nitrogens with zero attached hydrogens (tertiary/aromatic N) is 1. The molecule has 6 heteroatoms. The molecule has 2 N–H and O–H groups in total. The molecule has 1 aromatic carbocycles. The Morgan fingerprint density at radius 2 is 2.21 bits per heavy atom. The minimum Gasteiger partial charge on any atom is -0.351 e. The molecule has 0 aliphatic heterocycles. The molecule has 0 aliphatic carbocycles. The maximum Gasteiger partial charge on any atom is 0.257 e. The van der Waals surface area contributed by atoms with Gasteiger partial charge in [-0.25, -0.2) is 13.8 Å². The number of amides is 1. The molecule has 100 valence electrons. The van der Waals surface area contributed by atoms with E-state index in [1.54, 1.807) is 12.4 Å². The van der Waals surface area contributed by atoms with Crippen LogP contribution in [0.2, 0.25) is 0 Å². The SMILES string of the molecule is Cc1ccc(F)c(C(=O)NCCc2ncc[nH]2)c1F. The van der Waals surface area contributed by atoms with Crippen molar-refractivity contribution >= 4 is 5.91 Å². The fourth-order valence-electron chi connectivity index (χ4n) is 1.68. The van der Waals surface area contributed by atoms with Crippen LogP contribution in [0.1, 0.15) is 21.7 Å². The summed E-state index contributed by atoms with van der Waals surface area (Å²) in [7, 11) is 0. The molecular weight excluding hydrogens is 252 g/mol. The van der Waals surface area contributed by atoms with Crippen molar-refractivity contribution in [2.45, 2.75) is 13.3 Å². The lowest BCUT2D eigenvalue weighted by Crippen LogP contribution is -2.28. The van der Waals surface area contributed by atoms with E-state index in [2.05, 4.69) is 15.3 Å². The number of halogens is 2. The summed E-state index contributed by atoms with van der Waals surface area (Å²) in [5.41, 5.74) is -0.308. The Bertz CT molecular complexity index is 582. The van der Waals surface area contributed by atoms with Gasteiger partial charge in [-0.3, -0.25) is 4.79 Å². The molecule has 0 saturated carbocycles. The fraction of sp³-hybridized carbons (Fsp3) is 0.231. The van der Waals surface area contributed by atoms with Crippen molar-refractivity contribution in [2.75, 3.05) is 6.54 Å². The molecule has 1 aromatic heterocycles. The van der Waals surface area contributed by atoms with Crippen molar-refractivity contribution in [1.82, 2.24) is 15.3 Å². The third kappa shape index (κ3) is 2.96. The highest BCUT2D eigenvalue weighted by atomic mass is 19.1. The lowest BCUT2D eigenvalue weighted by molar-refractivity contribution is 0.0945. The molecule has 0 saturated heterocycles. The van der Waals surface area contributed by atoms with Crippen LogP contribution in [0.25, 0.3) is 0 Å². The molecule has 2 aromatic rings. The van der Waals surface area contributed by atoms with Gasteiger partial charge in [-0.15, -0.1) is 0 Å². The van der Waals surface area contributed by atoms with E-state index >= 15 is 0 Å². The monoisotopic (exact) mass is 265 g/mol. The van der Waals surface area contributed by atoms with Gasteiger partial charge in [0, 0.05) is 25.4 Å². The van der Waals surface area contributed by atoms with Crippen LogP contribution in [0.3, 0.4) is 0 Å². The van der Waals surface area contributed by atoms with E-state index in [0.29, 0.717) is 12.2 Å². The summed E-state index contributed by atoms with van der Waals surface area (Å²) in [6.45, 7) is 1.73. The second kappa shape index (κ2) is 5.60. The molecule has 1 heterocycles. The molecule has 2 rings (SSSR count). The van der Waals surface area contributed by atoms with Gasteiger partial charge in [0.25, 0.3) is 5.91 Å². The van der Waals surface area contributed by atoms with Gasteiger partial charge in [0.05, 0.1) is 0 Å². The van der Waals surface area contributed by atoms with E-state index in [1.165, 1.54) is 13.0 Å². The number of aromatic amines is 1. The molecule has 4 nitrogen and oxygen atoms in total. The van der Waals surface area contributed by atoms with Crippen molar-refractivity contribution in [1.29, 1.82) is 0 Å². The Morgan fingerprint density at radius 3 is 2.89 bits per heavy atom. The number of benzene rings is 1. The van der Waals surface area contributed by atoms with Gasteiger partial charge >= 0.3 is 0 Å². The molecule has 0 fully saturated rings. The number of carbonyl (C=O) groups excluding carboxylic acids is 1. The first-order valence-electron chi connectivity index (χ1n) is 5.80. The zero-order valence-corrected chi connectivity index (χ0v) is 10.3. The van der Waals surface area contributed by atoms with Gasteiger partial charge in [0.15, 0.2) is 0 Å². The Kier molecular flexibility index (Phi) is 3.89. The highest BCUT2D eigenvalue weighted by Gasteiger charge is 2.18. The summed E-state index contributed by atoms with van der Waals surface area (Å²) in [6.07, 6.45) is 3.72. The van der Waals surface area contributed by atoms with Crippen LogP contribution in [-0.4, -0.2) is 22.4 Å². The smallest absolute Gasteiger partial charge is 0.257 e. The highest BCUT2D eigenvalue weighted by molar-refractivity contribution is 5.94. The number of hydrogen-bond donors (Lipinski definition) is 2. The summed E-state index contributed by atoms with van der Waals surface area (Å²) < 4.78 is 27.2. The average molecular weight is 265 g/mol. The second-order valence-electron chi connectivity index (χ2n) is 4.10. The van der Waals surface area contributed by atoms with E-state index in [1.807, 2.05) is 0 Å². The summed E-state index contributed by atoms with van der Waals surface area (Å²) in [6, 6.07) is 2.38. The number of H-pyrrole nitrogens is 1. The van der Waals surface area contributed by atoms with Crippen LogP contribution in [0.5, 0.6) is 0 Å². The van der Waals surface area contributed by atoms with E-state index < -0.39 is 23.1 Å². The summed E-state index contributed by atoms with van der Waals surface area (Å²) in [4.78, 5) is 18.6. The molecule has 0 unspecified atom stereocenters. The second-order valence-corrected chi connectivity index (χ2v) is 4.10. The first kappa shape index (κ1) is 13.2. The molecule has 0 atom stereocenters. The number of nitrogens with one attached hydrogen (secondary N) is 2. The number of hydrogen-bond acceptors (Lipinski definition) is 2. The normalized spacial score (nSPS) is 10.5. The number of imidazole rings is 1. The maximum atomic E-state index is 13.7. The van der Waals surface area contributed by atoms with Gasteiger partial charge < -0.3 is 10.3 Å². The molecule has 19 heavy (non-hydrogen) atoms. The molecule has 0 radical (unpaired) electrons. The highest BCUT2D eigenvalue weighted by Crippen LogP contribution is 2.15. The first-order valence-corrected chi connectivity index (χ1v) is 5.80. The molecular formula is C13H13F2N3O. The number of carbonyl (C=O) groups is 1. The maximum absolute atomic E-state index is 13.7. The van der Waals surface area contributed by atoms with Gasteiger partial charge in [-0.05, 0) is 18.6 Å². The Labute approximate surface area is 108 Å². The van der Waals surface area contributed by atoms with Crippen LogP contribution >= 0.6 is 0 Å². The quantitative estimate of drug-likeness (QED) is 0.888. The van der Waals surface area contributed by atoms with Crippen molar-refractivity contribution in [3.8, 4) is 0 Å². The largest absolute Gasteiger partial charge is 0.351 e. The average Bonchev–Trinajstić information content (AvgIpc) is 2.87. The van der Waals surface area contributed by atoms with Gasteiger partial charge in [-0.1, -0.05) is 6.07 Å². The number of aromatic nitrogens is 2. The van der Waals surface area contributed by atoms with Crippen LogP contribution in [0, 0.1) is 18.6 Å². The zero-order chi connectivity index (χ0) is 13.8. The zero-order valence-electron chi connectivity index (χ0n) is 10.3. The molecule has 0 aliphatic rings. The predicted molar refractivity (Wildman–Crippen MR) is 65.7 cm³/mol. The van der Waals surface area contributed by atoms with E-state index in [0.717, 1.165) is 6.07 Å². The lowest BCUT2D eigenvalue weighted by Gasteiger charge is -2.08. The van der Waals surface area contributed by atoms with E-state index in [9.17, 15) is 13.6 Å². The van der Waals surface area contributed by atoms with Gasteiger partial charge in [0.2, 0.25) is 0 Å². The molecule has 0 bridgehead atoms. The molecule has 0 spiro atoms. The minimum atomic E-state index is -0.862.